The summed E-state index contributed by atoms with van der Waals surface area (Å²) in [6.45, 7) is 1.14. The van der Waals surface area contributed by atoms with Crippen molar-refractivity contribution in [3.05, 3.63) is 108 Å². The van der Waals surface area contributed by atoms with E-state index in [1.165, 1.54) is 0 Å². The van der Waals surface area contributed by atoms with Crippen molar-refractivity contribution in [2.75, 3.05) is 13.1 Å². The topological polar surface area (TPSA) is 63.4 Å². The number of benzene rings is 3. The Morgan fingerprint density at radius 2 is 1.13 bits per heavy atom. The van der Waals surface area contributed by atoms with E-state index >= 15 is 0 Å². The van der Waals surface area contributed by atoms with Crippen LogP contribution in [0.5, 0.6) is 0 Å². The number of primary amides is 1. The van der Waals surface area contributed by atoms with Crippen molar-refractivity contribution in [3.8, 4) is 0 Å². The summed E-state index contributed by atoms with van der Waals surface area (Å²) in [6, 6.07) is 30.8. The van der Waals surface area contributed by atoms with E-state index in [-0.39, 0.29) is 17.7 Å². The van der Waals surface area contributed by atoms with Gasteiger partial charge in [0.25, 0.3) is 0 Å². The quantitative estimate of drug-likeness (QED) is 0.619. The largest absolute Gasteiger partial charge is 0.369 e. The van der Waals surface area contributed by atoms with Crippen LogP contribution < -0.4 is 5.73 Å². The highest BCUT2D eigenvalue weighted by Crippen LogP contribution is 2.42. The monoisotopic (exact) mass is 412 g/mol. The summed E-state index contributed by atoms with van der Waals surface area (Å²) in [5.41, 5.74) is 8.15. The summed E-state index contributed by atoms with van der Waals surface area (Å²) in [5, 5.41) is 0. The molecule has 0 spiro atoms. The number of carbonyl (C=O) groups is 2. The van der Waals surface area contributed by atoms with E-state index < -0.39 is 5.41 Å². The lowest BCUT2D eigenvalue weighted by Gasteiger charge is -2.38. The van der Waals surface area contributed by atoms with Crippen molar-refractivity contribution in [3.63, 3.8) is 0 Å². The average Bonchev–Trinajstić information content (AvgIpc) is 2.84. The number of likely N-dealkylation sites (tertiary alicyclic amines) is 1. The highest BCUT2D eigenvalue weighted by Gasteiger charge is 2.40. The van der Waals surface area contributed by atoms with Crippen molar-refractivity contribution in [1.29, 1.82) is 0 Å². The van der Waals surface area contributed by atoms with Gasteiger partial charge >= 0.3 is 0 Å². The van der Waals surface area contributed by atoms with Crippen LogP contribution >= 0.6 is 0 Å². The van der Waals surface area contributed by atoms with Crippen molar-refractivity contribution >= 4 is 11.8 Å². The molecule has 0 aliphatic carbocycles. The van der Waals surface area contributed by atoms with Crippen LogP contribution in [0.3, 0.4) is 0 Å². The predicted molar refractivity (Wildman–Crippen MR) is 122 cm³/mol. The van der Waals surface area contributed by atoms with Crippen LogP contribution in [-0.2, 0) is 15.0 Å². The molecule has 0 unspecified atom stereocenters. The fraction of sp³-hybridized carbons (Fsp3) is 0.259. The van der Waals surface area contributed by atoms with Gasteiger partial charge in [-0.1, -0.05) is 91.0 Å². The fourth-order valence-electron chi connectivity index (χ4n) is 4.73. The molecule has 3 aromatic carbocycles. The Morgan fingerprint density at radius 1 is 0.742 bits per heavy atom. The van der Waals surface area contributed by atoms with Gasteiger partial charge in [-0.15, -0.1) is 0 Å². The smallest absolute Gasteiger partial charge is 0.224 e. The number of nitrogens with two attached hydrogens (primary N) is 1. The zero-order valence-electron chi connectivity index (χ0n) is 17.6. The Bertz CT molecular complexity index is 914. The molecular formula is C27H28N2O2. The maximum Gasteiger partial charge on any atom is 0.224 e. The SMILES string of the molecule is NC(=O)C1CCN(C(=O)CC(c2ccccc2)(c2ccccc2)c2ccccc2)CC1. The third kappa shape index (κ3) is 4.24. The predicted octanol–water partition coefficient (Wildman–Crippen LogP) is 4.14. The Hall–Kier alpha value is -3.40. The molecule has 31 heavy (non-hydrogen) atoms. The van der Waals surface area contributed by atoms with Gasteiger partial charge in [-0.2, -0.15) is 0 Å². The molecule has 0 bridgehead atoms. The molecule has 0 aromatic heterocycles. The average molecular weight is 413 g/mol. The molecule has 2 amide bonds. The molecule has 3 aromatic rings. The first-order valence-corrected chi connectivity index (χ1v) is 10.8. The number of rotatable bonds is 6. The van der Waals surface area contributed by atoms with Crippen LogP contribution in [0.2, 0.25) is 0 Å². The van der Waals surface area contributed by atoms with Crippen LogP contribution in [0.1, 0.15) is 36.0 Å². The zero-order chi connectivity index (χ0) is 21.7. The summed E-state index contributed by atoms with van der Waals surface area (Å²) in [4.78, 5) is 27.0. The summed E-state index contributed by atoms with van der Waals surface area (Å²) in [6.07, 6.45) is 1.60. The van der Waals surface area contributed by atoms with Crippen LogP contribution in [-0.4, -0.2) is 29.8 Å². The number of hydrogen-bond donors (Lipinski definition) is 1. The van der Waals surface area contributed by atoms with Gasteiger partial charge in [0.1, 0.15) is 0 Å². The normalized spacial score (nSPS) is 14.9. The van der Waals surface area contributed by atoms with Gasteiger partial charge in [0.05, 0.1) is 5.41 Å². The molecule has 4 rings (SSSR count). The van der Waals surface area contributed by atoms with Crippen molar-refractivity contribution < 1.29 is 9.59 Å². The minimum absolute atomic E-state index is 0.0967. The van der Waals surface area contributed by atoms with Crippen LogP contribution in [0.4, 0.5) is 0 Å². The lowest BCUT2D eigenvalue weighted by atomic mass is 9.67. The number of carbonyl (C=O) groups excluding carboxylic acids is 2. The summed E-state index contributed by atoms with van der Waals surface area (Å²) < 4.78 is 0. The standard InChI is InChI=1S/C27H28N2O2/c28-26(31)21-16-18-29(19-17-21)25(30)20-27(22-10-4-1-5-11-22,23-12-6-2-7-13-23)24-14-8-3-9-15-24/h1-15,21H,16-20H2,(H2,28,31). The minimum atomic E-state index is -0.596. The van der Waals surface area contributed by atoms with Crippen molar-refractivity contribution in [1.82, 2.24) is 4.90 Å². The Balaban J connectivity index is 1.76. The minimum Gasteiger partial charge on any atom is -0.369 e. The van der Waals surface area contributed by atoms with Crippen LogP contribution in [0.15, 0.2) is 91.0 Å². The van der Waals surface area contributed by atoms with Gasteiger partial charge in [0.2, 0.25) is 11.8 Å². The fourth-order valence-corrected chi connectivity index (χ4v) is 4.73. The highest BCUT2D eigenvalue weighted by atomic mass is 16.2. The van der Waals surface area contributed by atoms with Gasteiger partial charge in [0.15, 0.2) is 0 Å². The molecule has 158 valence electrons. The molecule has 1 heterocycles. The second-order valence-corrected chi connectivity index (χ2v) is 8.24. The first-order chi connectivity index (χ1) is 15.1. The first kappa shape index (κ1) is 20.9. The summed E-state index contributed by atoms with van der Waals surface area (Å²) in [5.74, 6) is -0.301. The molecule has 1 fully saturated rings. The van der Waals surface area contributed by atoms with E-state index in [0.29, 0.717) is 32.4 Å². The van der Waals surface area contributed by atoms with Gasteiger partial charge in [-0.3, -0.25) is 9.59 Å². The lowest BCUT2D eigenvalue weighted by molar-refractivity contribution is -0.135. The molecule has 2 N–H and O–H groups in total. The summed E-state index contributed by atoms with van der Waals surface area (Å²) in [7, 11) is 0. The number of amides is 2. The molecule has 1 aliphatic rings. The van der Waals surface area contributed by atoms with Gasteiger partial charge in [-0.05, 0) is 29.5 Å². The zero-order valence-corrected chi connectivity index (χ0v) is 17.6. The van der Waals surface area contributed by atoms with E-state index in [9.17, 15) is 9.59 Å². The third-order valence-electron chi connectivity index (χ3n) is 6.47. The molecule has 0 saturated carbocycles. The van der Waals surface area contributed by atoms with E-state index in [1.807, 2.05) is 59.5 Å². The number of nitrogens with zero attached hydrogens (tertiary/aromatic N) is 1. The molecule has 1 aliphatic heterocycles. The van der Waals surface area contributed by atoms with E-state index in [2.05, 4.69) is 36.4 Å². The summed E-state index contributed by atoms with van der Waals surface area (Å²) >= 11 is 0. The second kappa shape index (κ2) is 9.17. The first-order valence-electron chi connectivity index (χ1n) is 10.8. The van der Waals surface area contributed by atoms with E-state index in [4.69, 9.17) is 5.73 Å². The van der Waals surface area contributed by atoms with Crippen LogP contribution in [0, 0.1) is 5.92 Å². The van der Waals surface area contributed by atoms with E-state index in [0.717, 1.165) is 16.7 Å². The third-order valence-corrected chi connectivity index (χ3v) is 6.47. The Kier molecular flexibility index (Phi) is 6.17. The molecule has 4 heteroatoms. The molecular weight excluding hydrogens is 384 g/mol. The second-order valence-electron chi connectivity index (χ2n) is 8.24. The molecule has 4 nitrogen and oxygen atoms in total. The molecule has 0 atom stereocenters. The lowest BCUT2D eigenvalue weighted by Crippen LogP contribution is -2.44. The molecule has 0 radical (unpaired) electrons. The number of piperidine rings is 1. The maximum atomic E-state index is 13.6. The van der Waals surface area contributed by atoms with E-state index in [1.54, 1.807) is 0 Å². The van der Waals surface area contributed by atoms with Gasteiger partial charge < -0.3 is 10.6 Å². The Labute approximate surface area is 183 Å². The Morgan fingerprint density at radius 3 is 1.48 bits per heavy atom. The van der Waals surface area contributed by atoms with Crippen molar-refractivity contribution in [2.24, 2.45) is 11.7 Å². The van der Waals surface area contributed by atoms with Gasteiger partial charge in [0, 0.05) is 25.4 Å². The van der Waals surface area contributed by atoms with Crippen molar-refractivity contribution in [2.45, 2.75) is 24.7 Å². The maximum absolute atomic E-state index is 13.6. The number of hydrogen-bond acceptors (Lipinski definition) is 2. The van der Waals surface area contributed by atoms with Crippen LogP contribution in [0.25, 0.3) is 0 Å². The molecule has 1 saturated heterocycles. The highest BCUT2D eigenvalue weighted by molar-refractivity contribution is 5.81. The van der Waals surface area contributed by atoms with Gasteiger partial charge in [-0.25, -0.2) is 0 Å².